The third-order valence-electron chi connectivity index (χ3n) is 4.78. The lowest BCUT2D eigenvalue weighted by atomic mass is 10.1. The monoisotopic (exact) mass is 391 g/mol. The molecule has 8 heteroatoms. The molecule has 1 fully saturated rings. The van der Waals surface area contributed by atoms with Gasteiger partial charge >= 0.3 is 0 Å². The van der Waals surface area contributed by atoms with Gasteiger partial charge in [-0.2, -0.15) is 4.31 Å². The number of carbonyl (C=O) groups is 1. The maximum absolute atomic E-state index is 12.7. The molecular formula is C19H25N3O4S. The molecule has 146 valence electrons. The number of carbonyl (C=O) groups excluding carboxylic acids is 1. The smallest absolute Gasteiger partial charge is 0.270 e. The first-order chi connectivity index (χ1) is 12.8. The molecule has 2 heterocycles. The molecule has 0 radical (unpaired) electrons. The number of nitrogens with one attached hydrogen (secondary N) is 1. The molecule has 0 saturated carbocycles. The molecule has 0 unspecified atom stereocenters. The Morgan fingerprint density at radius 2 is 1.96 bits per heavy atom. The van der Waals surface area contributed by atoms with Gasteiger partial charge in [0.25, 0.3) is 5.91 Å². The Labute approximate surface area is 160 Å². The first-order valence-corrected chi connectivity index (χ1v) is 10.3. The van der Waals surface area contributed by atoms with Crippen LogP contribution in [-0.2, 0) is 16.6 Å². The Hall–Kier alpha value is -2.32. The first kappa shape index (κ1) is 19.4. The van der Waals surface area contributed by atoms with Crippen molar-refractivity contribution in [1.82, 2.24) is 14.2 Å². The molecular weight excluding hydrogens is 366 g/mol. The van der Waals surface area contributed by atoms with E-state index in [9.17, 15) is 13.2 Å². The molecule has 1 aromatic heterocycles. The van der Waals surface area contributed by atoms with E-state index in [-0.39, 0.29) is 16.5 Å². The van der Waals surface area contributed by atoms with E-state index in [0.717, 1.165) is 24.0 Å². The van der Waals surface area contributed by atoms with Crippen LogP contribution in [0.25, 0.3) is 0 Å². The lowest BCUT2D eigenvalue weighted by Gasteiger charge is -2.18. The number of sulfonamides is 1. The highest BCUT2D eigenvalue weighted by atomic mass is 32.2. The van der Waals surface area contributed by atoms with Gasteiger partial charge in [0.15, 0.2) is 0 Å². The van der Waals surface area contributed by atoms with Gasteiger partial charge in [-0.3, -0.25) is 4.79 Å². The van der Waals surface area contributed by atoms with Gasteiger partial charge in [0, 0.05) is 38.4 Å². The zero-order valence-corrected chi connectivity index (χ0v) is 16.7. The molecule has 1 saturated heterocycles. The third-order valence-corrected chi connectivity index (χ3v) is 6.66. The highest BCUT2D eigenvalue weighted by Gasteiger charge is 2.29. The van der Waals surface area contributed by atoms with E-state index in [1.165, 1.54) is 21.5 Å². The summed E-state index contributed by atoms with van der Waals surface area (Å²) < 4.78 is 32.1. The number of benzene rings is 1. The van der Waals surface area contributed by atoms with Gasteiger partial charge in [-0.25, -0.2) is 8.42 Å². The highest BCUT2D eigenvalue weighted by Crippen LogP contribution is 2.24. The predicted molar refractivity (Wildman–Crippen MR) is 102 cm³/mol. The maximum Gasteiger partial charge on any atom is 0.270 e. The molecule has 0 atom stereocenters. The second-order valence-corrected chi connectivity index (χ2v) is 8.77. The van der Waals surface area contributed by atoms with E-state index < -0.39 is 10.0 Å². The second-order valence-electron chi connectivity index (χ2n) is 6.84. The largest absolute Gasteiger partial charge is 0.496 e. The standard InChI is InChI=1S/C19H25N3O4S/c1-14-6-7-18(26-3)15(10-14)13-21(2)19(23)17-11-16(12-20-17)27(24,25)22-8-4-5-9-22/h6-7,10-12,20H,4-5,8-9,13H2,1-3H3. The zero-order valence-electron chi connectivity index (χ0n) is 15.9. The van der Waals surface area contributed by atoms with Gasteiger partial charge in [-0.1, -0.05) is 17.7 Å². The van der Waals surface area contributed by atoms with Crippen LogP contribution >= 0.6 is 0 Å². The van der Waals surface area contributed by atoms with E-state index in [1.54, 1.807) is 14.2 Å². The normalized spacial score (nSPS) is 15.1. The number of H-pyrrole nitrogens is 1. The van der Waals surface area contributed by atoms with Gasteiger partial charge < -0.3 is 14.6 Å². The van der Waals surface area contributed by atoms with Crippen LogP contribution in [0.5, 0.6) is 5.75 Å². The van der Waals surface area contributed by atoms with Crippen molar-refractivity contribution in [3.63, 3.8) is 0 Å². The molecule has 1 amide bonds. The number of aryl methyl sites for hydroxylation is 1. The summed E-state index contributed by atoms with van der Waals surface area (Å²) in [4.78, 5) is 17.2. The van der Waals surface area contributed by atoms with Gasteiger partial charge in [-0.15, -0.1) is 0 Å². The average molecular weight is 391 g/mol. The van der Waals surface area contributed by atoms with Crippen molar-refractivity contribution in [3.8, 4) is 5.75 Å². The predicted octanol–water partition coefficient (Wildman–Crippen LogP) is 2.39. The van der Waals surface area contributed by atoms with Crippen LogP contribution in [0, 0.1) is 6.92 Å². The Kier molecular flexibility index (Phi) is 5.57. The van der Waals surface area contributed by atoms with Gasteiger partial charge in [0.2, 0.25) is 10.0 Å². The number of hydrogen-bond acceptors (Lipinski definition) is 4. The summed E-state index contributed by atoms with van der Waals surface area (Å²) in [5.41, 5.74) is 2.22. The van der Waals surface area contributed by atoms with Crippen LogP contribution in [0.2, 0.25) is 0 Å². The van der Waals surface area contributed by atoms with Gasteiger partial charge in [0.05, 0.1) is 7.11 Å². The number of nitrogens with zero attached hydrogens (tertiary/aromatic N) is 2. The molecule has 1 aliphatic rings. The molecule has 27 heavy (non-hydrogen) atoms. The molecule has 0 aliphatic carbocycles. The number of ether oxygens (including phenoxy) is 1. The maximum atomic E-state index is 12.7. The number of hydrogen-bond donors (Lipinski definition) is 1. The van der Waals surface area contributed by atoms with Crippen LogP contribution in [0.4, 0.5) is 0 Å². The number of aromatic amines is 1. The number of aromatic nitrogens is 1. The van der Waals surface area contributed by atoms with E-state index in [2.05, 4.69) is 4.98 Å². The van der Waals surface area contributed by atoms with E-state index in [1.807, 2.05) is 25.1 Å². The minimum absolute atomic E-state index is 0.134. The van der Waals surface area contributed by atoms with E-state index in [4.69, 9.17) is 4.74 Å². The van der Waals surface area contributed by atoms with Crippen molar-refractivity contribution < 1.29 is 17.9 Å². The summed E-state index contributed by atoms with van der Waals surface area (Å²) in [5, 5.41) is 0. The molecule has 3 rings (SSSR count). The lowest BCUT2D eigenvalue weighted by molar-refractivity contribution is 0.0779. The molecule has 1 aromatic carbocycles. The highest BCUT2D eigenvalue weighted by molar-refractivity contribution is 7.89. The minimum Gasteiger partial charge on any atom is -0.496 e. The molecule has 2 aromatic rings. The molecule has 1 N–H and O–H groups in total. The van der Waals surface area contributed by atoms with Crippen molar-refractivity contribution >= 4 is 15.9 Å². The van der Waals surface area contributed by atoms with Crippen LogP contribution < -0.4 is 4.74 Å². The SMILES string of the molecule is COc1ccc(C)cc1CN(C)C(=O)c1cc(S(=O)(=O)N2CCCC2)c[nH]1. The quantitative estimate of drug-likeness (QED) is 0.820. The Bertz CT molecular complexity index is 930. The minimum atomic E-state index is -3.54. The number of methoxy groups -OCH3 is 1. The molecule has 0 bridgehead atoms. The summed E-state index contributed by atoms with van der Waals surface area (Å²) in [7, 11) is -0.267. The third kappa shape index (κ3) is 4.01. The summed E-state index contributed by atoms with van der Waals surface area (Å²) in [6.45, 7) is 3.40. The van der Waals surface area contributed by atoms with Gasteiger partial charge in [0.1, 0.15) is 16.3 Å². The average Bonchev–Trinajstić information content (AvgIpc) is 3.33. The summed E-state index contributed by atoms with van der Waals surface area (Å²) >= 11 is 0. The summed E-state index contributed by atoms with van der Waals surface area (Å²) in [6, 6.07) is 7.21. The summed E-state index contributed by atoms with van der Waals surface area (Å²) in [6.07, 6.45) is 3.13. The van der Waals surface area contributed by atoms with E-state index >= 15 is 0 Å². The van der Waals surface area contributed by atoms with Crippen LogP contribution in [0.15, 0.2) is 35.4 Å². The molecule has 7 nitrogen and oxygen atoms in total. The Balaban J connectivity index is 1.76. The fourth-order valence-electron chi connectivity index (χ4n) is 3.29. The fourth-order valence-corrected chi connectivity index (χ4v) is 4.80. The molecule has 0 spiro atoms. The van der Waals surface area contributed by atoms with Crippen molar-refractivity contribution in [1.29, 1.82) is 0 Å². The van der Waals surface area contributed by atoms with Crippen molar-refractivity contribution in [3.05, 3.63) is 47.3 Å². The topological polar surface area (TPSA) is 82.7 Å². The molecule has 1 aliphatic heterocycles. The Morgan fingerprint density at radius 1 is 1.26 bits per heavy atom. The number of amides is 1. The number of rotatable bonds is 6. The van der Waals surface area contributed by atoms with Crippen molar-refractivity contribution in [2.75, 3.05) is 27.2 Å². The zero-order chi connectivity index (χ0) is 19.6. The second kappa shape index (κ2) is 7.74. The van der Waals surface area contributed by atoms with Crippen LogP contribution in [-0.4, -0.2) is 55.8 Å². The van der Waals surface area contributed by atoms with Gasteiger partial charge in [-0.05, 0) is 31.9 Å². The first-order valence-electron chi connectivity index (χ1n) is 8.90. The van der Waals surface area contributed by atoms with E-state index in [0.29, 0.717) is 25.4 Å². The van der Waals surface area contributed by atoms with Crippen LogP contribution in [0.1, 0.15) is 34.5 Å². The Morgan fingerprint density at radius 3 is 2.63 bits per heavy atom. The van der Waals surface area contributed by atoms with Crippen LogP contribution in [0.3, 0.4) is 0 Å². The van der Waals surface area contributed by atoms with Crippen molar-refractivity contribution in [2.24, 2.45) is 0 Å². The fraction of sp³-hybridized carbons (Fsp3) is 0.421. The lowest BCUT2D eigenvalue weighted by Crippen LogP contribution is -2.28. The summed E-state index contributed by atoms with van der Waals surface area (Å²) in [5.74, 6) is 0.436. The van der Waals surface area contributed by atoms with Crippen molar-refractivity contribution in [2.45, 2.75) is 31.2 Å².